The van der Waals surface area contributed by atoms with E-state index >= 15 is 0 Å². The minimum absolute atomic E-state index is 0.0419. The van der Waals surface area contributed by atoms with Crippen molar-refractivity contribution in [1.82, 2.24) is 4.90 Å². The minimum Gasteiger partial charge on any atom is -0.494 e. The summed E-state index contributed by atoms with van der Waals surface area (Å²) in [5, 5.41) is 3.24. The van der Waals surface area contributed by atoms with Crippen LogP contribution in [-0.4, -0.2) is 37.6 Å². The fourth-order valence-corrected chi connectivity index (χ4v) is 2.65. The van der Waals surface area contributed by atoms with Gasteiger partial charge in [-0.05, 0) is 32.0 Å². The second-order valence-corrected chi connectivity index (χ2v) is 5.68. The molecule has 1 aromatic carbocycles. The fraction of sp³-hybridized carbons (Fsp3) is 0.533. The zero-order chi connectivity index (χ0) is 15.2. The Morgan fingerprint density at radius 3 is 2.76 bits per heavy atom. The largest absolute Gasteiger partial charge is 0.494 e. The van der Waals surface area contributed by atoms with Crippen molar-refractivity contribution >= 4 is 28.9 Å². The van der Waals surface area contributed by atoms with Gasteiger partial charge in [0, 0.05) is 19.0 Å². The fourth-order valence-electron chi connectivity index (χ4n) is 2.49. The SMILES string of the molecule is COc1cc(N)c(Cl)cc1NC(=O)CCN1CCCCC1. The second-order valence-electron chi connectivity index (χ2n) is 5.27. The molecule has 0 atom stereocenters. The lowest BCUT2D eigenvalue weighted by atomic mass is 10.1. The number of nitrogens with two attached hydrogens (primary N) is 1. The molecule has 0 aromatic heterocycles. The summed E-state index contributed by atoms with van der Waals surface area (Å²) < 4.78 is 5.21. The molecule has 5 nitrogen and oxygen atoms in total. The number of nitrogen functional groups attached to an aromatic ring is 1. The van der Waals surface area contributed by atoms with E-state index in [4.69, 9.17) is 22.1 Å². The first-order valence-corrected chi connectivity index (χ1v) is 7.63. The number of benzene rings is 1. The molecule has 2 rings (SSSR count). The molecule has 116 valence electrons. The first-order valence-electron chi connectivity index (χ1n) is 7.25. The van der Waals surface area contributed by atoms with Crippen LogP contribution in [0.1, 0.15) is 25.7 Å². The van der Waals surface area contributed by atoms with Gasteiger partial charge >= 0.3 is 0 Å². The number of carbonyl (C=O) groups excluding carboxylic acids is 1. The van der Waals surface area contributed by atoms with Crippen LogP contribution in [0.2, 0.25) is 5.02 Å². The van der Waals surface area contributed by atoms with E-state index < -0.39 is 0 Å². The van der Waals surface area contributed by atoms with Crippen molar-refractivity contribution in [2.75, 3.05) is 37.8 Å². The maximum absolute atomic E-state index is 12.1. The number of carbonyl (C=O) groups is 1. The molecule has 0 saturated carbocycles. The summed E-state index contributed by atoms with van der Waals surface area (Å²) in [5.74, 6) is 0.475. The number of anilines is 2. The monoisotopic (exact) mass is 311 g/mol. The topological polar surface area (TPSA) is 67.6 Å². The van der Waals surface area contributed by atoms with Gasteiger partial charge in [-0.15, -0.1) is 0 Å². The van der Waals surface area contributed by atoms with Gasteiger partial charge in [-0.2, -0.15) is 0 Å². The van der Waals surface area contributed by atoms with Crippen molar-refractivity contribution in [1.29, 1.82) is 0 Å². The zero-order valence-corrected chi connectivity index (χ0v) is 13.1. The third kappa shape index (κ3) is 4.51. The van der Waals surface area contributed by atoms with Gasteiger partial charge in [0.1, 0.15) is 5.75 Å². The number of nitrogens with zero attached hydrogens (tertiary/aromatic N) is 1. The quantitative estimate of drug-likeness (QED) is 0.821. The summed E-state index contributed by atoms with van der Waals surface area (Å²) in [6.45, 7) is 2.96. The molecule has 0 unspecified atom stereocenters. The molecule has 0 radical (unpaired) electrons. The highest BCUT2D eigenvalue weighted by molar-refractivity contribution is 6.33. The van der Waals surface area contributed by atoms with Crippen molar-refractivity contribution in [3.63, 3.8) is 0 Å². The lowest BCUT2D eigenvalue weighted by Gasteiger charge is -2.26. The summed E-state index contributed by atoms with van der Waals surface area (Å²) in [4.78, 5) is 14.4. The Balaban J connectivity index is 1.91. The lowest BCUT2D eigenvalue weighted by Crippen LogP contribution is -2.32. The van der Waals surface area contributed by atoms with E-state index in [-0.39, 0.29) is 5.91 Å². The Morgan fingerprint density at radius 2 is 2.10 bits per heavy atom. The second kappa shape index (κ2) is 7.52. The maximum atomic E-state index is 12.1. The van der Waals surface area contributed by atoms with Gasteiger partial charge in [0.05, 0.1) is 23.5 Å². The van der Waals surface area contributed by atoms with Gasteiger partial charge in [0.2, 0.25) is 5.91 Å². The maximum Gasteiger partial charge on any atom is 0.225 e. The smallest absolute Gasteiger partial charge is 0.225 e. The predicted molar refractivity (Wildman–Crippen MR) is 86.0 cm³/mol. The lowest BCUT2D eigenvalue weighted by molar-refractivity contribution is -0.116. The molecule has 1 saturated heterocycles. The molecule has 1 fully saturated rings. The van der Waals surface area contributed by atoms with E-state index in [1.54, 1.807) is 12.1 Å². The normalized spacial score (nSPS) is 15.7. The van der Waals surface area contributed by atoms with Gasteiger partial charge in [-0.25, -0.2) is 0 Å². The minimum atomic E-state index is -0.0419. The highest BCUT2D eigenvalue weighted by Crippen LogP contribution is 2.32. The summed E-state index contributed by atoms with van der Waals surface area (Å²) in [7, 11) is 1.53. The molecule has 1 amide bonds. The molecule has 0 spiro atoms. The van der Waals surface area contributed by atoms with Crippen LogP contribution >= 0.6 is 11.6 Å². The van der Waals surface area contributed by atoms with Gasteiger partial charge in [-0.3, -0.25) is 4.79 Å². The molecule has 0 bridgehead atoms. The number of likely N-dealkylation sites (tertiary alicyclic amines) is 1. The number of piperidine rings is 1. The van der Waals surface area contributed by atoms with Crippen LogP contribution in [0.3, 0.4) is 0 Å². The van der Waals surface area contributed by atoms with E-state index in [1.165, 1.54) is 26.4 Å². The Kier molecular flexibility index (Phi) is 5.70. The Hall–Kier alpha value is -1.46. The average Bonchev–Trinajstić information content (AvgIpc) is 2.49. The predicted octanol–water partition coefficient (Wildman–Crippen LogP) is 2.75. The summed E-state index contributed by atoms with van der Waals surface area (Å²) in [5.41, 5.74) is 6.71. The molecular formula is C15H22ClN3O2. The number of hydrogen-bond acceptors (Lipinski definition) is 4. The molecule has 1 aromatic rings. The third-order valence-corrected chi connectivity index (χ3v) is 4.02. The highest BCUT2D eigenvalue weighted by Gasteiger charge is 2.14. The number of hydrogen-bond donors (Lipinski definition) is 2. The summed E-state index contributed by atoms with van der Waals surface area (Å²) in [6.07, 6.45) is 4.21. The summed E-state index contributed by atoms with van der Waals surface area (Å²) in [6, 6.07) is 3.23. The van der Waals surface area contributed by atoms with E-state index in [0.717, 1.165) is 19.6 Å². The van der Waals surface area contributed by atoms with Gasteiger partial charge in [0.15, 0.2) is 0 Å². The van der Waals surface area contributed by atoms with E-state index in [0.29, 0.717) is 28.6 Å². The van der Waals surface area contributed by atoms with Crippen molar-refractivity contribution in [3.05, 3.63) is 17.2 Å². The number of halogens is 1. The number of ether oxygens (including phenoxy) is 1. The third-order valence-electron chi connectivity index (χ3n) is 3.70. The van der Waals surface area contributed by atoms with Crippen molar-refractivity contribution < 1.29 is 9.53 Å². The first-order chi connectivity index (χ1) is 10.1. The zero-order valence-electron chi connectivity index (χ0n) is 12.3. The van der Waals surface area contributed by atoms with E-state index in [9.17, 15) is 4.79 Å². The Labute approximate surface area is 130 Å². The Bertz CT molecular complexity index is 502. The Morgan fingerprint density at radius 1 is 1.38 bits per heavy atom. The molecular weight excluding hydrogens is 290 g/mol. The van der Waals surface area contributed by atoms with Crippen LogP contribution in [0.25, 0.3) is 0 Å². The molecule has 3 N–H and O–H groups in total. The van der Waals surface area contributed by atoms with E-state index in [1.807, 2.05) is 0 Å². The number of nitrogens with one attached hydrogen (secondary N) is 1. The van der Waals surface area contributed by atoms with Crippen LogP contribution in [0.5, 0.6) is 5.75 Å². The molecule has 0 aliphatic carbocycles. The molecule has 21 heavy (non-hydrogen) atoms. The number of rotatable bonds is 5. The van der Waals surface area contributed by atoms with Gasteiger partial charge in [0.25, 0.3) is 0 Å². The van der Waals surface area contributed by atoms with Gasteiger partial charge in [-0.1, -0.05) is 18.0 Å². The molecule has 1 aliphatic heterocycles. The van der Waals surface area contributed by atoms with Crippen LogP contribution in [0, 0.1) is 0 Å². The van der Waals surface area contributed by atoms with Crippen LogP contribution < -0.4 is 15.8 Å². The average molecular weight is 312 g/mol. The van der Waals surface area contributed by atoms with Crippen molar-refractivity contribution in [2.24, 2.45) is 0 Å². The highest BCUT2D eigenvalue weighted by atomic mass is 35.5. The van der Waals surface area contributed by atoms with Gasteiger partial charge < -0.3 is 20.7 Å². The standard InChI is InChI=1S/C15H22ClN3O2/c1-21-14-10-12(17)11(16)9-13(14)18-15(20)5-8-19-6-3-2-4-7-19/h9-10H,2-8,17H2,1H3,(H,18,20). The number of methoxy groups -OCH3 is 1. The van der Waals surface area contributed by atoms with Crippen molar-refractivity contribution in [2.45, 2.75) is 25.7 Å². The number of amides is 1. The van der Waals surface area contributed by atoms with Crippen molar-refractivity contribution in [3.8, 4) is 5.75 Å². The molecule has 1 aliphatic rings. The van der Waals surface area contributed by atoms with E-state index in [2.05, 4.69) is 10.2 Å². The molecule has 1 heterocycles. The first kappa shape index (κ1) is 15.9. The van der Waals surface area contributed by atoms with Crippen LogP contribution in [0.15, 0.2) is 12.1 Å². The van der Waals surface area contributed by atoms with Crippen LogP contribution in [0.4, 0.5) is 11.4 Å². The molecule has 6 heteroatoms. The summed E-state index contributed by atoms with van der Waals surface area (Å²) >= 11 is 5.98. The van der Waals surface area contributed by atoms with Crippen LogP contribution in [-0.2, 0) is 4.79 Å².